The third kappa shape index (κ3) is 3.34. The maximum atomic E-state index is 11.3. The van der Waals surface area contributed by atoms with Crippen LogP contribution in [0, 0.1) is 0 Å². The molecule has 0 saturated carbocycles. The molecule has 0 N–H and O–H groups in total. The topological polar surface area (TPSA) is 54.5 Å². The first-order chi connectivity index (χ1) is 7.45. The summed E-state index contributed by atoms with van der Waals surface area (Å²) in [6, 6.07) is 7.18. The number of aldehydes is 1. The molecule has 0 radical (unpaired) electrons. The predicted molar refractivity (Wildman–Crippen MR) is 64.1 cm³/mol. The number of aryl methyl sites for hydroxylation is 1. The second kappa shape index (κ2) is 5.12. The second-order valence-corrected chi connectivity index (χ2v) is 5.62. The van der Waals surface area contributed by atoms with E-state index < -0.39 is 10.0 Å². The van der Waals surface area contributed by atoms with Crippen molar-refractivity contribution in [2.45, 2.75) is 12.8 Å². The van der Waals surface area contributed by atoms with Crippen molar-refractivity contribution in [3.05, 3.63) is 29.8 Å². The van der Waals surface area contributed by atoms with Crippen LogP contribution in [0.25, 0.3) is 0 Å². The Morgan fingerprint density at radius 1 is 1.38 bits per heavy atom. The zero-order chi connectivity index (χ0) is 12.2. The Bertz CT molecular complexity index is 468. The van der Waals surface area contributed by atoms with Gasteiger partial charge in [-0.25, -0.2) is 8.42 Å². The van der Waals surface area contributed by atoms with Crippen LogP contribution in [0.3, 0.4) is 0 Å². The summed E-state index contributed by atoms with van der Waals surface area (Å²) in [5, 5.41) is 0. The number of carbonyl (C=O) groups excluding carboxylic acids is 1. The highest BCUT2D eigenvalue weighted by molar-refractivity contribution is 7.92. The lowest BCUT2D eigenvalue weighted by Crippen LogP contribution is -2.24. The Hall–Kier alpha value is -1.36. The summed E-state index contributed by atoms with van der Waals surface area (Å²) < 4.78 is 23.9. The lowest BCUT2D eigenvalue weighted by molar-refractivity contribution is -0.107. The van der Waals surface area contributed by atoms with Gasteiger partial charge in [-0.2, -0.15) is 0 Å². The highest BCUT2D eigenvalue weighted by Gasteiger charge is 2.11. The summed E-state index contributed by atoms with van der Waals surface area (Å²) in [6.45, 7) is 0. The van der Waals surface area contributed by atoms with Crippen molar-refractivity contribution in [1.82, 2.24) is 0 Å². The predicted octanol–water partition coefficient (Wildman–Crippen LogP) is 1.21. The van der Waals surface area contributed by atoms with Crippen LogP contribution in [0.1, 0.15) is 12.0 Å². The summed E-state index contributed by atoms with van der Waals surface area (Å²) in [4.78, 5) is 10.2. The van der Waals surface area contributed by atoms with Gasteiger partial charge in [0, 0.05) is 13.5 Å². The number of carbonyl (C=O) groups is 1. The molecule has 88 valence electrons. The third-order valence-corrected chi connectivity index (χ3v) is 3.53. The Balaban J connectivity index is 2.94. The molecule has 0 amide bonds. The molecule has 0 spiro atoms. The van der Waals surface area contributed by atoms with E-state index in [4.69, 9.17) is 0 Å². The van der Waals surface area contributed by atoms with Gasteiger partial charge in [-0.3, -0.25) is 4.31 Å². The first kappa shape index (κ1) is 12.7. The van der Waals surface area contributed by atoms with E-state index in [1.807, 2.05) is 6.07 Å². The summed E-state index contributed by atoms with van der Waals surface area (Å²) in [5.74, 6) is 0. The Labute approximate surface area is 95.9 Å². The van der Waals surface area contributed by atoms with Crippen molar-refractivity contribution in [2.75, 3.05) is 17.6 Å². The summed E-state index contributed by atoms with van der Waals surface area (Å²) in [6.07, 6.45) is 3.10. The molecule has 1 aromatic rings. The average molecular weight is 241 g/mol. The van der Waals surface area contributed by atoms with E-state index in [1.165, 1.54) is 11.4 Å². The Morgan fingerprint density at radius 2 is 2.06 bits per heavy atom. The highest BCUT2D eigenvalue weighted by Crippen LogP contribution is 2.17. The highest BCUT2D eigenvalue weighted by atomic mass is 32.2. The zero-order valence-electron chi connectivity index (χ0n) is 9.38. The fourth-order valence-corrected chi connectivity index (χ4v) is 1.82. The van der Waals surface area contributed by atoms with Crippen LogP contribution in [0.15, 0.2) is 24.3 Å². The maximum Gasteiger partial charge on any atom is 0.231 e. The first-order valence-electron chi connectivity index (χ1n) is 4.91. The molecule has 0 aromatic heterocycles. The van der Waals surface area contributed by atoms with E-state index in [1.54, 1.807) is 18.2 Å². The summed E-state index contributed by atoms with van der Waals surface area (Å²) in [5.41, 5.74) is 1.57. The standard InChI is InChI=1S/C11H15NO3S/c1-12(16(2,14)15)11-7-3-5-10(9-11)6-4-8-13/h3,5,7-9H,4,6H2,1-2H3. The van der Waals surface area contributed by atoms with Gasteiger partial charge >= 0.3 is 0 Å². The molecule has 1 rings (SSSR count). The molecule has 16 heavy (non-hydrogen) atoms. The molecule has 0 bridgehead atoms. The van der Waals surface area contributed by atoms with Gasteiger partial charge in [0.15, 0.2) is 0 Å². The molecule has 0 aliphatic carbocycles. The number of sulfonamides is 1. The number of hydrogen-bond donors (Lipinski definition) is 0. The van der Waals surface area contributed by atoms with Crippen LogP contribution in [-0.2, 0) is 21.2 Å². The van der Waals surface area contributed by atoms with Crippen molar-refractivity contribution in [3.8, 4) is 0 Å². The van der Waals surface area contributed by atoms with Crippen molar-refractivity contribution >= 4 is 22.0 Å². The second-order valence-electron chi connectivity index (χ2n) is 3.61. The van der Waals surface area contributed by atoms with Crippen LogP contribution < -0.4 is 4.31 Å². The molecular weight excluding hydrogens is 226 g/mol. The monoisotopic (exact) mass is 241 g/mol. The van der Waals surface area contributed by atoms with Gasteiger partial charge in [0.25, 0.3) is 0 Å². The molecule has 0 unspecified atom stereocenters. The smallest absolute Gasteiger partial charge is 0.231 e. The van der Waals surface area contributed by atoms with E-state index in [2.05, 4.69) is 0 Å². The van der Waals surface area contributed by atoms with E-state index in [9.17, 15) is 13.2 Å². The van der Waals surface area contributed by atoms with Gasteiger partial charge in [0.2, 0.25) is 10.0 Å². The molecule has 5 heteroatoms. The molecule has 0 fully saturated rings. The van der Waals surface area contributed by atoms with Gasteiger partial charge in [0.1, 0.15) is 6.29 Å². The minimum atomic E-state index is -3.23. The van der Waals surface area contributed by atoms with E-state index in [0.29, 0.717) is 18.5 Å². The molecule has 0 heterocycles. The molecule has 0 aliphatic heterocycles. The number of rotatable bonds is 5. The number of anilines is 1. The molecule has 0 aliphatic rings. The fraction of sp³-hybridized carbons (Fsp3) is 0.364. The van der Waals surface area contributed by atoms with Gasteiger partial charge in [-0.15, -0.1) is 0 Å². The van der Waals surface area contributed by atoms with Crippen LogP contribution in [0.2, 0.25) is 0 Å². The van der Waals surface area contributed by atoms with Gasteiger partial charge in [0.05, 0.1) is 11.9 Å². The fourth-order valence-electron chi connectivity index (χ4n) is 1.32. The lowest BCUT2D eigenvalue weighted by atomic mass is 10.1. The number of nitrogens with zero attached hydrogens (tertiary/aromatic N) is 1. The van der Waals surface area contributed by atoms with Gasteiger partial charge in [-0.05, 0) is 24.1 Å². The van der Waals surface area contributed by atoms with Crippen LogP contribution in [0.4, 0.5) is 5.69 Å². The lowest BCUT2D eigenvalue weighted by Gasteiger charge is -2.17. The van der Waals surface area contributed by atoms with Crippen molar-refractivity contribution < 1.29 is 13.2 Å². The van der Waals surface area contributed by atoms with Crippen LogP contribution in [0.5, 0.6) is 0 Å². The SMILES string of the molecule is CN(c1cccc(CCC=O)c1)S(C)(=O)=O. The van der Waals surface area contributed by atoms with Gasteiger partial charge in [-0.1, -0.05) is 12.1 Å². The largest absolute Gasteiger partial charge is 0.303 e. The molecular formula is C11H15NO3S. The van der Waals surface area contributed by atoms with Crippen molar-refractivity contribution in [1.29, 1.82) is 0 Å². The van der Waals surface area contributed by atoms with Crippen molar-refractivity contribution in [2.24, 2.45) is 0 Å². The molecule has 4 nitrogen and oxygen atoms in total. The van der Waals surface area contributed by atoms with Gasteiger partial charge < -0.3 is 4.79 Å². The number of benzene rings is 1. The van der Waals surface area contributed by atoms with Crippen molar-refractivity contribution in [3.63, 3.8) is 0 Å². The van der Waals surface area contributed by atoms with E-state index in [0.717, 1.165) is 18.1 Å². The van der Waals surface area contributed by atoms with Crippen LogP contribution in [-0.4, -0.2) is 28.0 Å². The van der Waals surface area contributed by atoms with Crippen LogP contribution >= 0.6 is 0 Å². The Morgan fingerprint density at radius 3 is 2.62 bits per heavy atom. The summed E-state index contributed by atoms with van der Waals surface area (Å²) >= 11 is 0. The molecule has 0 saturated heterocycles. The van der Waals surface area contributed by atoms with E-state index in [-0.39, 0.29) is 0 Å². The van der Waals surface area contributed by atoms with E-state index >= 15 is 0 Å². The number of hydrogen-bond acceptors (Lipinski definition) is 3. The minimum Gasteiger partial charge on any atom is -0.303 e. The average Bonchev–Trinajstić information content (AvgIpc) is 2.24. The molecule has 0 atom stereocenters. The minimum absolute atomic E-state index is 0.450. The molecule has 1 aromatic carbocycles. The first-order valence-corrected chi connectivity index (χ1v) is 6.76. The Kier molecular flexibility index (Phi) is 4.06. The zero-order valence-corrected chi connectivity index (χ0v) is 10.2. The normalized spacial score (nSPS) is 11.1. The quantitative estimate of drug-likeness (QED) is 0.728. The third-order valence-electron chi connectivity index (χ3n) is 2.32. The summed E-state index contributed by atoms with van der Waals surface area (Å²) in [7, 11) is -1.72. The maximum absolute atomic E-state index is 11.3.